The first kappa shape index (κ1) is 13.2. The predicted octanol–water partition coefficient (Wildman–Crippen LogP) is 5.42. The summed E-state index contributed by atoms with van der Waals surface area (Å²) in [5.41, 5.74) is 11.6. The number of benzene rings is 2. The van der Waals surface area contributed by atoms with Crippen LogP contribution in [0.2, 0.25) is 5.02 Å². The van der Waals surface area contributed by atoms with Gasteiger partial charge in [0.25, 0.3) is 0 Å². The Kier molecular flexibility index (Phi) is 4.47. The molecule has 0 spiro atoms. The average molecular weight is 370 g/mol. The molecule has 0 aliphatic heterocycles. The molecule has 2 rings (SSSR count). The fourth-order valence-electron chi connectivity index (χ4n) is 1.63. The Morgan fingerprint density at radius 2 is 1.89 bits per heavy atom. The van der Waals surface area contributed by atoms with Gasteiger partial charge in [-0.2, -0.15) is 0 Å². The van der Waals surface area contributed by atoms with Crippen molar-refractivity contribution in [2.45, 2.75) is 6.54 Å². The molecule has 18 heavy (non-hydrogen) atoms. The zero-order valence-corrected chi connectivity index (χ0v) is 12.3. The van der Waals surface area contributed by atoms with Crippen molar-refractivity contribution in [3.8, 4) is 11.1 Å². The molecular formula is C13H9ClIN3. The Labute approximate surface area is 124 Å². The molecule has 0 aliphatic carbocycles. The maximum atomic E-state index is 8.30. The van der Waals surface area contributed by atoms with Gasteiger partial charge in [-0.25, -0.2) is 0 Å². The molecule has 2 aromatic carbocycles. The minimum atomic E-state index is 0.382. The molecule has 0 amide bonds. The summed E-state index contributed by atoms with van der Waals surface area (Å²) in [7, 11) is 0. The van der Waals surface area contributed by atoms with Gasteiger partial charge < -0.3 is 0 Å². The minimum Gasteiger partial charge on any atom is -0.0893 e. The Hall–Kier alpha value is -1.23. The van der Waals surface area contributed by atoms with E-state index < -0.39 is 0 Å². The van der Waals surface area contributed by atoms with Crippen molar-refractivity contribution >= 4 is 34.2 Å². The van der Waals surface area contributed by atoms with E-state index in [4.69, 9.17) is 17.1 Å². The second-order valence-corrected chi connectivity index (χ2v) is 5.31. The monoisotopic (exact) mass is 369 g/mol. The van der Waals surface area contributed by atoms with Crippen LogP contribution in [0, 0.1) is 3.57 Å². The van der Waals surface area contributed by atoms with E-state index in [1.54, 1.807) is 0 Å². The number of nitrogens with zero attached hydrogens (tertiary/aromatic N) is 3. The number of hydrogen-bond acceptors (Lipinski definition) is 1. The average Bonchev–Trinajstić information content (AvgIpc) is 2.38. The van der Waals surface area contributed by atoms with Gasteiger partial charge in [0.2, 0.25) is 0 Å². The van der Waals surface area contributed by atoms with Crippen LogP contribution in [0.4, 0.5) is 0 Å². The van der Waals surface area contributed by atoms with Crippen LogP contribution < -0.4 is 0 Å². The SMILES string of the molecule is [N-]=[N+]=NCc1ccc(-c2ccc(Cl)cc2)c(I)c1. The third kappa shape index (κ3) is 3.16. The summed E-state index contributed by atoms with van der Waals surface area (Å²) in [4.78, 5) is 2.76. The molecule has 0 aliphatic rings. The van der Waals surface area contributed by atoms with Crippen molar-refractivity contribution in [1.82, 2.24) is 0 Å². The third-order valence-corrected chi connectivity index (χ3v) is 3.65. The van der Waals surface area contributed by atoms with Gasteiger partial charge in [-0.15, -0.1) is 0 Å². The summed E-state index contributed by atoms with van der Waals surface area (Å²) in [5.74, 6) is 0. The Bertz CT molecular complexity index is 604. The maximum absolute atomic E-state index is 8.30. The van der Waals surface area contributed by atoms with Gasteiger partial charge in [0.15, 0.2) is 0 Å². The first-order valence-electron chi connectivity index (χ1n) is 5.26. The molecule has 0 radical (unpaired) electrons. The fraction of sp³-hybridized carbons (Fsp3) is 0.0769. The first-order chi connectivity index (χ1) is 8.70. The molecule has 0 saturated carbocycles. The van der Waals surface area contributed by atoms with Crippen molar-refractivity contribution in [3.05, 3.63) is 67.1 Å². The van der Waals surface area contributed by atoms with Crippen LogP contribution in [-0.2, 0) is 6.54 Å². The van der Waals surface area contributed by atoms with Crippen LogP contribution in [0.15, 0.2) is 47.6 Å². The van der Waals surface area contributed by atoms with Crippen LogP contribution in [0.5, 0.6) is 0 Å². The lowest BCUT2D eigenvalue weighted by Gasteiger charge is -2.06. The lowest BCUT2D eigenvalue weighted by molar-refractivity contribution is 1.05. The van der Waals surface area contributed by atoms with Crippen LogP contribution in [0.25, 0.3) is 21.6 Å². The Morgan fingerprint density at radius 3 is 2.50 bits per heavy atom. The second kappa shape index (κ2) is 6.09. The van der Waals surface area contributed by atoms with E-state index in [1.165, 1.54) is 0 Å². The van der Waals surface area contributed by atoms with E-state index in [-0.39, 0.29) is 0 Å². The summed E-state index contributed by atoms with van der Waals surface area (Å²) in [5, 5.41) is 4.29. The van der Waals surface area contributed by atoms with Crippen molar-refractivity contribution < 1.29 is 0 Å². The largest absolute Gasteiger partial charge is 0.0893 e. The zero-order chi connectivity index (χ0) is 13.0. The summed E-state index contributed by atoms with van der Waals surface area (Å²) in [6, 6.07) is 13.8. The molecule has 2 aromatic rings. The van der Waals surface area contributed by atoms with Crippen molar-refractivity contribution in [2.75, 3.05) is 0 Å². The summed E-state index contributed by atoms with van der Waals surface area (Å²) in [6.45, 7) is 0.382. The minimum absolute atomic E-state index is 0.382. The van der Waals surface area contributed by atoms with Crippen molar-refractivity contribution in [2.24, 2.45) is 5.11 Å². The van der Waals surface area contributed by atoms with E-state index >= 15 is 0 Å². The van der Waals surface area contributed by atoms with Gasteiger partial charge in [-0.1, -0.05) is 41.0 Å². The molecule has 90 valence electrons. The predicted molar refractivity (Wildman–Crippen MR) is 82.5 cm³/mol. The van der Waals surface area contributed by atoms with Crippen LogP contribution in [0.1, 0.15) is 5.56 Å². The molecule has 0 N–H and O–H groups in total. The van der Waals surface area contributed by atoms with Crippen LogP contribution in [-0.4, -0.2) is 0 Å². The highest BCUT2D eigenvalue weighted by Gasteiger charge is 2.04. The van der Waals surface area contributed by atoms with Gasteiger partial charge in [0.1, 0.15) is 0 Å². The van der Waals surface area contributed by atoms with Gasteiger partial charge in [-0.05, 0) is 63.0 Å². The summed E-state index contributed by atoms with van der Waals surface area (Å²) in [6.07, 6.45) is 0. The lowest BCUT2D eigenvalue weighted by atomic mass is 10.0. The van der Waals surface area contributed by atoms with Gasteiger partial charge in [0.05, 0.1) is 6.54 Å². The van der Waals surface area contributed by atoms with Crippen molar-refractivity contribution in [3.63, 3.8) is 0 Å². The highest BCUT2D eigenvalue weighted by Crippen LogP contribution is 2.27. The quantitative estimate of drug-likeness (QED) is 0.300. The summed E-state index contributed by atoms with van der Waals surface area (Å²) >= 11 is 8.16. The lowest BCUT2D eigenvalue weighted by Crippen LogP contribution is -1.87. The van der Waals surface area contributed by atoms with Crippen molar-refractivity contribution in [1.29, 1.82) is 0 Å². The van der Waals surface area contributed by atoms with E-state index in [0.717, 1.165) is 25.3 Å². The molecule has 5 heteroatoms. The number of azide groups is 1. The van der Waals surface area contributed by atoms with Crippen LogP contribution >= 0.6 is 34.2 Å². The number of halogens is 2. The third-order valence-electron chi connectivity index (χ3n) is 2.51. The smallest absolute Gasteiger partial charge is 0.0511 e. The number of rotatable bonds is 3. The Morgan fingerprint density at radius 1 is 1.17 bits per heavy atom. The second-order valence-electron chi connectivity index (χ2n) is 3.71. The highest BCUT2D eigenvalue weighted by atomic mass is 127. The molecule has 0 unspecified atom stereocenters. The van der Waals surface area contributed by atoms with E-state index in [2.05, 4.69) is 32.6 Å². The molecule has 0 aromatic heterocycles. The maximum Gasteiger partial charge on any atom is 0.0511 e. The Balaban J connectivity index is 2.35. The molecule has 0 fully saturated rings. The van der Waals surface area contributed by atoms with E-state index in [0.29, 0.717) is 6.54 Å². The van der Waals surface area contributed by atoms with Gasteiger partial charge in [-0.3, -0.25) is 0 Å². The molecule has 0 bridgehead atoms. The van der Waals surface area contributed by atoms with Gasteiger partial charge >= 0.3 is 0 Å². The fourth-order valence-corrected chi connectivity index (χ4v) is 2.65. The van der Waals surface area contributed by atoms with Crippen LogP contribution in [0.3, 0.4) is 0 Å². The standard InChI is InChI=1S/C13H9ClIN3/c14-11-4-2-10(3-5-11)12-6-1-9(7-13(12)15)8-17-18-16/h1-7H,8H2. The molecule has 0 heterocycles. The molecule has 3 nitrogen and oxygen atoms in total. The zero-order valence-electron chi connectivity index (χ0n) is 9.35. The van der Waals surface area contributed by atoms with E-state index in [1.807, 2.05) is 42.5 Å². The molecular weight excluding hydrogens is 361 g/mol. The molecule has 0 atom stereocenters. The highest BCUT2D eigenvalue weighted by molar-refractivity contribution is 14.1. The normalized spacial score (nSPS) is 9.89. The summed E-state index contributed by atoms with van der Waals surface area (Å²) < 4.78 is 1.13. The molecule has 0 saturated heterocycles. The first-order valence-corrected chi connectivity index (χ1v) is 6.71. The van der Waals surface area contributed by atoms with E-state index in [9.17, 15) is 0 Å². The number of hydrogen-bond donors (Lipinski definition) is 0. The topological polar surface area (TPSA) is 48.8 Å². The van der Waals surface area contributed by atoms with Gasteiger partial charge in [0, 0.05) is 13.5 Å².